The van der Waals surface area contributed by atoms with Gasteiger partial charge in [0.1, 0.15) is 5.82 Å². The van der Waals surface area contributed by atoms with E-state index in [1.807, 2.05) is 17.0 Å². The summed E-state index contributed by atoms with van der Waals surface area (Å²) in [5.41, 5.74) is 1.94. The molecule has 1 aliphatic rings. The Bertz CT molecular complexity index is 637. The zero-order chi connectivity index (χ0) is 15.4. The lowest BCUT2D eigenvalue weighted by atomic mass is 10.1. The topological polar surface area (TPSA) is 57.4 Å². The molecule has 1 saturated heterocycles. The van der Waals surface area contributed by atoms with Crippen LogP contribution in [0.15, 0.2) is 36.5 Å². The number of anilines is 1. The number of amides is 1. The molecular formula is C16H18FN3O2. The van der Waals surface area contributed by atoms with Crippen molar-refractivity contribution in [3.05, 3.63) is 53.6 Å². The highest BCUT2D eigenvalue weighted by molar-refractivity contribution is 5.95. The van der Waals surface area contributed by atoms with E-state index in [0.29, 0.717) is 44.1 Å². The lowest BCUT2D eigenvalue weighted by Crippen LogP contribution is -2.36. The average Bonchev–Trinajstić information content (AvgIpc) is 3.06. The summed E-state index contributed by atoms with van der Waals surface area (Å²) >= 11 is 0. The monoisotopic (exact) mass is 303 g/mol. The van der Waals surface area contributed by atoms with Gasteiger partial charge in [0.25, 0.3) is 5.91 Å². The number of nitrogens with zero attached hydrogens (tertiary/aromatic N) is 1. The predicted molar refractivity (Wildman–Crippen MR) is 81.4 cm³/mol. The Morgan fingerprint density at radius 1 is 1.32 bits per heavy atom. The SMILES string of the molecule is O=C(NCc1ccc[nH]1)c1cc(F)cc(N2CCOCC2)c1. The molecule has 22 heavy (non-hydrogen) atoms. The third kappa shape index (κ3) is 3.46. The Balaban J connectivity index is 1.72. The fourth-order valence-corrected chi connectivity index (χ4v) is 2.46. The number of ether oxygens (including phenoxy) is 1. The summed E-state index contributed by atoms with van der Waals surface area (Å²) in [5, 5.41) is 2.78. The molecule has 1 aromatic heterocycles. The van der Waals surface area contributed by atoms with Crippen molar-refractivity contribution in [2.24, 2.45) is 0 Å². The number of H-pyrrole nitrogens is 1. The maximum atomic E-state index is 13.8. The van der Waals surface area contributed by atoms with Gasteiger partial charge < -0.3 is 19.9 Å². The third-order valence-electron chi connectivity index (χ3n) is 3.62. The maximum Gasteiger partial charge on any atom is 0.251 e. The highest BCUT2D eigenvalue weighted by Gasteiger charge is 2.15. The summed E-state index contributed by atoms with van der Waals surface area (Å²) in [6.45, 7) is 3.02. The molecule has 0 aliphatic carbocycles. The summed E-state index contributed by atoms with van der Waals surface area (Å²) in [7, 11) is 0. The van der Waals surface area contributed by atoms with Crippen LogP contribution in [0.2, 0.25) is 0 Å². The van der Waals surface area contributed by atoms with Gasteiger partial charge in [-0.05, 0) is 30.3 Å². The molecule has 0 unspecified atom stereocenters. The van der Waals surface area contributed by atoms with Gasteiger partial charge in [-0.3, -0.25) is 4.79 Å². The van der Waals surface area contributed by atoms with E-state index in [4.69, 9.17) is 4.74 Å². The molecule has 0 saturated carbocycles. The van der Waals surface area contributed by atoms with Crippen molar-refractivity contribution in [3.63, 3.8) is 0 Å². The van der Waals surface area contributed by atoms with Gasteiger partial charge in [-0.1, -0.05) is 0 Å². The number of aromatic amines is 1. The Kier molecular flexibility index (Phi) is 4.39. The van der Waals surface area contributed by atoms with Gasteiger partial charge in [-0.15, -0.1) is 0 Å². The zero-order valence-corrected chi connectivity index (χ0v) is 12.1. The Morgan fingerprint density at radius 3 is 2.86 bits per heavy atom. The molecule has 0 spiro atoms. The molecule has 1 fully saturated rings. The minimum absolute atomic E-state index is 0.288. The summed E-state index contributed by atoms with van der Waals surface area (Å²) < 4.78 is 19.1. The Morgan fingerprint density at radius 2 is 2.14 bits per heavy atom. The number of rotatable bonds is 4. The molecule has 2 N–H and O–H groups in total. The third-order valence-corrected chi connectivity index (χ3v) is 3.62. The molecule has 2 heterocycles. The van der Waals surface area contributed by atoms with Gasteiger partial charge in [0.05, 0.1) is 19.8 Å². The number of benzene rings is 1. The van der Waals surface area contributed by atoms with Gasteiger partial charge in [0.15, 0.2) is 0 Å². The summed E-state index contributed by atoms with van der Waals surface area (Å²) in [6.07, 6.45) is 1.79. The highest BCUT2D eigenvalue weighted by atomic mass is 19.1. The first-order valence-corrected chi connectivity index (χ1v) is 7.26. The van der Waals surface area contributed by atoms with Crippen molar-refractivity contribution in [3.8, 4) is 0 Å². The van der Waals surface area contributed by atoms with Crippen molar-refractivity contribution in [2.45, 2.75) is 6.54 Å². The van der Waals surface area contributed by atoms with E-state index in [9.17, 15) is 9.18 Å². The van der Waals surface area contributed by atoms with Gasteiger partial charge in [-0.2, -0.15) is 0 Å². The van der Waals surface area contributed by atoms with Crippen LogP contribution in [0.5, 0.6) is 0 Å². The zero-order valence-electron chi connectivity index (χ0n) is 12.1. The summed E-state index contributed by atoms with van der Waals surface area (Å²) in [5.74, 6) is -0.697. The lowest BCUT2D eigenvalue weighted by Gasteiger charge is -2.29. The number of halogens is 1. The Hall–Kier alpha value is -2.34. The van der Waals surface area contributed by atoms with E-state index in [-0.39, 0.29) is 5.91 Å². The van der Waals surface area contributed by atoms with Crippen LogP contribution in [0.4, 0.5) is 10.1 Å². The van der Waals surface area contributed by atoms with Crippen molar-refractivity contribution >= 4 is 11.6 Å². The van der Waals surface area contributed by atoms with Crippen LogP contribution in [0.1, 0.15) is 16.1 Å². The van der Waals surface area contributed by atoms with Gasteiger partial charge >= 0.3 is 0 Å². The van der Waals surface area contributed by atoms with Crippen molar-refractivity contribution in [1.29, 1.82) is 0 Å². The lowest BCUT2D eigenvalue weighted by molar-refractivity contribution is 0.0950. The largest absolute Gasteiger partial charge is 0.378 e. The molecule has 0 atom stereocenters. The molecule has 0 radical (unpaired) electrons. The maximum absolute atomic E-state index is 13.8. The number of hydrogen-bond acceptors (Lipinski definition) is 3. The van der Waals surface area contributed by atoms with Crippen LogP contribution >= 0.6 is 0 Å². The predicted octanol–water partition coefficient (Wildman–Crippen LogP) is 1.92. The van der Waals surface area contributed by atoms with Crippen LogP contribution in [-0.2, 0) is 11.3 Å². The second-order valence-corrected chi connectivity index (χ2v) is 5.18. The molecular weight excluding hydrogens is 285 g/mol. The van der Waals surface area contributed by atoms with Gasteiger partial charge in [0.2, 0.25) is 0 Å². The highest BCUT2D eigenvalue weighted by Crippen LogP contribution is 2.20. The molecule has 3 rings (SSSR count). The molecule has 116 valence electrons. The summed E-state index contributed by atoms with van der Waals surface area (Å²) in [4.78, 5) is 17.2. The molecule has 1 amide bonds. The van der Waals surface area contributed by atoms with Crippen LogP contribution in [0.25, 0.3) is 0 Å². The van der Waals surface area contributed by atoms with E-state index in [1.165, 1.54) is 12.1 Å². The number of morpholine rings is 1. The second-order valence-electron chi connectivity index (χ2n) is 5.18. The first-order chi connectivity index (χ1) is 10.7. The minimum atomic E-state index is -0.408. The van der Waals surface area contributed by atoms with Crippen molar-refractivity contribution in [2.75, 3.05) is 31.2 Å². The normalized spacial score (nSPS) is 14.9. The van der Waals surface area contributed by atoms with Crippen LogP contribution in [0.3, 0.4) is 0 Å². The van der Waals surface area contributed by atoms with E-state index < -0.39 is 5.82 Å². The van der Waals surface area contributed by atoms with Crippen LogP contribution in [-0.4, -0.2) is 37.2 Å². The quantitative estimate of drug-likeness (QED) is 0.907. The number of aromatic nitrogens is 1. The standard InChI is InChI=1S/C16H18FN3O2/c17-13-8-12(16(21)19-11-14-2-1-3-18-14)9-15(10-13)20-4-6-22-7-5-20/h1-3,8-10,18H,4-7,11H2,(H,19,21). The summed E-state index contributed by atoms with van der Waals surface area (Å²) in [6, 6.07) is 8.17. The van der Waals surface area contributed by atoms with Crippen molar-refractivity contribution in [1.82, 2.24) is 10.3 Å². The number of carbonyl (C=O) groups excluding carboxylic acids is 1. The molecule has 6 heteroatoms. The molecule has 5 nitrogen and oxygen atoms in total. The smallest absolute Gasteiger partial charge is 0.251 e. The van der Waals surface area contributed by atoms with Crippen molar-refractivity contribution < 1.29 is 13.9 Å². The van der Waals surface area contributed by atoms with Crippen LogP contribution < -0.4 is 10.2 Å². The van der Waals surface area contributed by atoms with E-state index >= 15 is 0 Å². The fourth-order valence-electron chi connectivity index (χ4n) is 2.46. The number of hydrogen-bond donors (Lipinski definition) is 2. The second kappa shape index (κ2) is 6.62. The Labute approximate surface area is 128 Å². The molecule has 1 aromatic carbocycles. The first-order valence-electron chi connectivity index (χ1n) is 7.26. The molecule has 2 aromatic rings. The number of carbonyl (C=O) groups is 1. The first kappa shape index (κ1) is 14.6. The fraction of sp³-hybridized carbons (Fsp3) is 0.312. The van der Waals surface area contributed by atoms with Gasteiger partial charge in [0, 0.05) is 36.2 Å². The molecule has 0 bridgehead atoms. The average molecular weight is 303 g/mol. The van der Waals surface area contributed by atoms with Crippen LogP contribution in [0, 0.1) is 5.82 Å². The number of nitrogens with one attached hydrogen (secondary N) is 2. The minimum Gasteiger partial charge on any atom is -0.378 e. The van der Waals surface area contributed by atoms with E-state index in [1.54, 1.807) is 12.3 Å². The van der Waals surface area contributed by atoms with E-state index in [2.05, 4.69) is 10.3 Å². The van der Waals surface area contributed by atoms with Gasteiger partial charge in [-0.25, -0.2) is 4.39 Å². The molecule has 1 aliphatic heterocycles. The van der Waals surface area contributed by atoms with E-state index in [0.717, 1.165) is 5.69 Å².